The van der Waals surface area contributed by atoms with Crippen LogP contribution in [0.4, 0.5) is 4.79 Å². The molecule has 1 fully saturated rings. The Balaban J connectivity index is 2.49. The quantitative estimate of drug-likeness (QED) is 0.770. The van der Waals surface area contributed by atoms with Gasteiger partial charge in [-0.1, -0.05) is 26.7 Å². The molecule has 0 saturated heterocycles. The molecular formula is C11H19NO4. The lowest BCUT2D eigenvalue weighted by Crippen LogP contribution is -2.52. The molecule has 0 unspecified atom stereocenters. The zero-order chi connectivity index (χ0) is 12.2. The SMILES string of the molecule is CC(C)COC(=O)NC1(C(=O)O)CCCC1. The third-order valence-electron chi connectivity index (χ3n) is 2.76. The molecule has 1 rings (SSSR count). The number of amides is 1. The largest absolute Gasteiger partial charge is 0.480 e. The second-order valence-electron chi connectivity index (χ2n) is 4.71. The van der Waals surface area contributed by atoms with E-state index in [2.05, 4.69) is 5.32 Å². The first-order chi connectivity index (χ1) is 7.46. The van der Waals surface area contributed by atoms with Crippen LogP contribution in [0.5, 0.6) is 0 Å². The summed E-state index contributed by atoms with van der Waals surface area (Å²) in [4.78, 5) is 22.5. The van der Waals surface area contributed by atoms with Crippen LogP contribution in [0.3, 0.4) is 0 Å². The number of hydrogen-bond donors (Lipinski definition) is 2. The molecule has 1 amide bonds. The molecule has 0 spiro atoms. The van der Waals surface area contributed by atoms with Gasteiger partial charge in [-0.3, -0.25) is 0 Å². The molecule has 0 aromatic heterocycles. The van der Waals surface area contributed by atoms with Crippen molar-refractivity contribution in [1.29, 1.82) is 0 Å². The van der Waals surface area contributed by atoms with E-state index in [0.717, 1.165) is 12.8 Å². The van der Waals surface area contributed by atoms with Crippen LogP contribution >= 0.6 is 0 Å². The molecule has 16 heavy (non-hydrogen) atoms. The first-order valence-corrected chi connectivity index (χ1v) is 5.64. The molecular weight excluding hydrogens is 210 g/mol. The average molecular weight is 229 g/mol. The lowest BCUT2D eigenvalue weighted by atomic mass is 9.98. The van der Waals surface area contributed by atoms with Gasteiger partial charge in [-0.25, -0.2) is 9.59 Å². The van der Waals surface area contributed by atoms with Gasteiger partial charge < -0.3 is 15.2 Å². The number of carbonyl (C=O) groups is 2. The Hall–Kier alpha value is -1.26. The molecule has 1 aliphatic carbocycles. The fourth-order valence-corrected chi connectivity index (χ4v) is 1.84. The fourth-order valence-electron chi connectivity index (χ4n) is 1.84. The van der Waals surface area contributed by atoms with E-state index in [1.807, 2.05) is 13.8 Å². The van der Waals surface area contributed by atoms with Crippen LogP contribution in [-0.2, 0) is 9.53 Å². The van der Waals surface area contributed by atoms with Crippen LogP contribution < -0.4 is 5.32 Å². The molecule has 0 aromatic rings. The van der Waals surface area contributed by atoms with Gasteiger partial charge in [0.1, 0.15) is 5.54 Å². The van der Waals surface area contributed by atoms with E-state index < -0.39 is 17.6 Å². The summed E-state index contributed by atoms with van der Waals surface area (Å²) in [5.41, 5.74) is -1.10. The van der Waals surface area contributed by atoms with Gasteiger partial charge >= 0.3 is 12.1 Å². The molecule has 1 aliphatic rings. The van der Waals surface area contributed by atoms with E-state index >= 15 is 0 Å². The predicted octanol–water partition coefficient (Wildman–Crippen LogP) is 1.77. The standard InChI is InChI=1S/C11H19NO4/c1-8(2)7-16-10(15)12-11(9(13)14)5-3-4-6-11/h8H,3-7H2,1-2H3,(H,12,15)(H,13,14). The second kappa shape index (κ2) is 5.18. The van der Waals surface area contributed by atoms with Gasteiger partial charge in [-0.2, -0.15) is 0 Å². The van der Waals surface area contributed by atoms with Gasteiger partial charge in [0.25, 0.3) is 0 Å². The molecule has 2 N–H and O–H groups in total. The minimum atomic E-state index is -1.10. The number of carbonyl (C=O) groups excluding carboxylic acids is 1. The number of hydrogen-bond acceptors (Lipinski definition) is 3. The maximum atomic E-state index is 11.4. The molecule has 0 aromatic carbocycles. The van der Waals surface area contributed by atoms with Crippen molar-refractivity contribution < 1.29 is 19.4 Å². The predicted molar refractivity (Wildman–Crippen MR) is 58.2 cm³/mol. The highest BCUT2D eigenvalue weighted by Gasteiger charge is 2.43. The van der Waals surface area contributed by atoms with Crippen molar-refractivity contribution in [1.82, 2.24) is 5.32 Å². The Kier molecular flexibility index (Phi) is 4.15. The van der Waals surface area contributed by atoms with E-state index in [4.69, 9.17) is 9.84 Å². The number of rotatable bonds is 4. The molecule has 1 saturated carbocycles. The smallest absolute Gasteiger partial charge is 0.408 e. The number of nitrogens with one attached hydrogen (secondary N) is 1. The van der Waals surface area contributed by atoms with Crippen LogP contribution in [0.2, 0.25) is 0 Å². The van der Waals surface area contributed by atoms with Crippen molar-refractivity contribution in [2.24, 2.45) is 5.92 Å². The highest BCUT2D eigenvalue weighted by atomic mass is 16.5. The van der Waals surface area contributed by atoms with Crippen LogP contribution in [-0.4, -0.2) is 29.3 Å². The first kappa shape index (κ1) is 12.8. The van der Waals surface area contributed by atoms with Crippen molar-refractivity contribution in [3.63, 3.8) is 0 Å². The van der Waals surface area contributed by atoms with Gasteiger partial charge in [0, 0.05) is 0 Å². The second-order valence-corrected chi connectivity index (χ2v) is 4.71. The normalized spacial score (nSPS) is 18.4. The fraction of sp³-hybridized carbons (Fsp3) is 0.818. The minimum absolute atomic E-state index is 0.245. The van der Waals surface area contributed by atoms with Gasteiger partial charge in [0.05, 0.1) is 6.61 Å². The maximum absolute atomic E-state index is 11.4. The Labute approximate surface area is 95.2 Å². The maximum Gasteiger partial charge on any atom is 0.408 e. The van der Waals surface area contributed by atoms with Crippen molar-refractivity contribution in [3.05, 3.63) is 0 Å². The Bertz CT molecular complexity index is 269. The summed E-state index contributed by atoms with van der Waals surface area (Å²) < 4.78 is 4.93. The van der Waals surface area contributed by atoms with E-state index in [1.54, 1.807) is 0 Å². The minimum Gasteiger partial charge on any atom is -0.480 e. The average Bonchev–Trinajstić information content (AvgIpc) is 2.64. The van der Waals surface area contributed by atoms with Gasteiger partial charge in [-0.05, 0) is 18.8 Å². The van der Waals surface area contributed by atoms with Gasteiger partial charge in [-0.15, -0.1) is 0 Å². The summed E-state index contributed by atoms with van der Waals surface area (Å²) in [7, 11) is 0. The van der Waals surface area contributed by atoms with Crippen molar-refractivity contribution in [2.45, 2.75) is 45.1 Å². The monoisotopic (exact) mass is 229 g/mol. The first-order valence-electron chi connectivity index (χ1n) is 5.64. The highest BCUT2D eigenvalue weighted by Crippen LogP contribution is 2.29. The summed E-state index contributed by atoms with van der Waals surface area (Å²) in [5, 5.41) is 11.6. The Morgan fingerprint density at radius 2 is 1.94 bits per heavy atom. The summed E-state index contributed by atoms with van der Waals surface area (Å²) in [5.74, 6) is -0.721. The van der Waals surface area contributed by atoms with Crippen molar-refractivity contribution in [3.8, 4) is 0 Å². The summed E-state index contributed by atoms with van der Waals surface area (Å²) in [6.45, 7) is 4.16. The van der Waals surface area contributed by atoms with Crippen molar-refractivity contribution in [2.75, 3.05) is 6.61 Å². The number of ether oxygens (including phenoxy) is 1. The molecule has 5 nitrogen and oxygen atoms in total. The van der Waals surface area contributed by atoms with Crippen molar-refractivity contribution >= 4 is 12.1 Å². The lowest BCUT2D eigenvalue weighted by Gasteiger charge is -2.24. The molecule has 5 heteroatoms. The van der Waals surface area contributed by atoms with Gasteiger partial charge in [0.15, 0.2) is 0 Å². The zero-order valence-electron chi connectivity index (χ0n) is 9.78. The molecule has 0 heterocycles. The Morgan fingerprint density at radius 3 is 2.38 bits per heavy atom. The number of carboxylic acids is 1. The lowest BCUT2D eigenvalue weighted by molar-refractivity contribution is -0.144. The third kappa shape index (κ3) is 3.12. The van der Waals surface area contributed by atoms with E-state index in [1.165, 1.54) is 0 Å². The zero-order valence-corrected chi connectivity index (χ0v) is 9.78. The van der Waals surface area contributed by atoms with Crippen LogP contribution in [0, 0.1) is 5.92 Å². The number of aliphatic carboxylic acids is 1. The molecule has 0 atom stereocenters. The summed E-state index contributed by atoms with van der Waals surface area (Å²) >= 11 is 0. The Morgan fingerprint density at radius 1 is 1.38 bits per heavy atom. The number of carboxylic acid groups (broad SMARTS) is 1. The van der Waals surface area contributed by atoms with Crippen LogP contribution in [0.15, 0.2) is 0 Å². The van der Waals surface area contributed by atoms with Gasteiger partial charge in [0.2, 0.25) is 0 Å². The molecule has 0 bridgehead atoms. The van der Waals surface area contributed by atoms with E-state index in [-0.39, 0.29) is 5.92 Å². The van der Waals surface area contributed by atoms with Crippen LogP contribution in [0.25, 0.3) is 0 Å². The molecule has 0 aliphatic heterocycles. The summed E-state index contributed by atoms with van der Waals surface area (Å²) in [6, 6.07) is 0. The molecule has 0 radical (unpaired) electrons. The van der Waals surface area contributed by atoms with E-state index in [9.17, 15) is 9.59 Å². The number of alkyl carbamates (subject to hydrolysis) is 1. The topological polar surface area (TPSA) is 75.6 Å². The van der Waals surface area contributed by atoms with E-state index in [0.29, 0.717) is 19.4 Å². The molecule has 92 valence electrons. The summed E-state index contributed by atoms with van der Waals surface area (Å²) in [6.07, 6.45) is 2.00. The highest BCUT2D eigenvalue weighted by molar-refractivity contribution is 5.84. The third-order valence-corrected chi connectivity index (χ3v) is 2.76. The van der Waals surface area contributed by atoms with Crippen LogP contribution in [0.1, 0.15) is 39.5 Å².